The van der Waals surface area contributed by atoms with Gasteiger partial charge in [-0.05, 0) is 47.5 Å². The van der Waals surface area contributed by atoms with Crippen molar-refractivity contribution in [3.8, 4) is 0 Å². The topological polar surface area (TPSA) is 66.4 Å². The van der Waals surface area contributed by atoms with Crippen molar-refractivity contribution in [3.63, 3.8) is 0 Å². The number of rotatable bonds is 5. The zero-order chi connectivity index (χ0) is 13.1. The van der Waals surface area contributed by atoms with Crippen molar-refractivity contribution in [2.45, 2.75) is 24.3 Å². The van der Waals surface area contributed by atoms with Crippen molar-refractivity contribution in [2.24, 2.45) is 0 Å². The summed E-state index contributed by atoms with van der Waals surface area (Å²) in [6.07, 6.45) is 0.380. The average molecular weight is 387 g/mol. The van der Waals surface area contributed by atoms with Crippen LogP contribution in [0.4, 0.5) is 0 Å². The average Bonchev–Trinajstić information content (AvgIpc) is 2.21. The molecule has 0 aliphatic carbocycles. The van der Waals surface area contributed by atoms with Gasteiger partial charge in [0, 0.05) is 21.6 Å². The van der Waals surface area contributed by atoms with Gasteiger partial charge in [-0.3, -0.25) is 0 Å². The number of aliphatic hydroxyl groups excluding tert-OH is 1. The van der Waals surface area contributed by atoms with E-state index < -0.39 is 10.0 Å². The number of aliphatic hydroxyl groups is 1. The lowest BCUT2D eigenvalue weighted by Crippen LogP contribution is -2.33. The van der Waals surface area contributed by atoms with Crippen molar-refractivity contribution in [2.75, 3.05) is 6.61 Å². The summed E-state index contributed by atoms with van der Waals surface area (Å²) < 4.78 is 27.8. The summed E-state index contributed by atoms with van der Waals surface area (Å²) in [4.78, 5) is 0.177. The maximum atomic E-state index is 12.0. The maximum absolute atomic E-state index is 12.0. The molecular formula is C10H13Br2NO3S. The fourth-order valence-electron chi connectivity index (χ4n) is 1.26. The second kappa shape index (κ2) is 6.29. The van der Waals surface area contributed by atoms with E-state index in [0.717, 1.165) is 0 Å². The van der Waals surface area contributed by atoms with Crippen molar-refractivity contribution < 1.29 is 13.5 Å². The highest BCUT2D eigenvalue weighted by Gasteiger charge is 2.20. The highest BCUT2D eigenvalue weighted by atomic mass is 79.9. The smallest absolute Gasteiger partial charge is 0.241 e. The first-order chi connectivity index (χ1) is 7.86. The highest BCUT2D eigenvalue weighted by Crippen LogP contribution is 2.25. The van der Waals surface area contributed by atoms with Crippen LogP contribution in [0.3, 0.4) is 0 Å². The molecule has 0 aliphatic heterocycles. The molecule has 1 rings (SSSR count). The van der Waals surface area contributed by atoms with Crippen LogP contribution in [0.25, 0.3) is 0 Å². The number of benzene rings is 1. The minimum absolute atomic E-state index is 0.0522. The van der Waals surface area contributed by atoms with E-state index in [0.29, 0.717) is 15.4 Å². The molecule has 0 heterocycles. The van der Waals surface area contributed by atoms with E-state index in [9.17, 15) is 8.42 Å². The summed E-state index contributed by atoms with van der Waals surface area (Å²) in [6.45, 7) is 1.66. The first-order valence-corrected chi connectivity index (χ1v) is 8.02. The Balaban J connectivity index is 3.01. The van der Waals surface area contributed by atoms with E-state index >= 15 is 0 Å². The first kappa shape index (κ1) is 15.1. The molecule has 0 fully saturated rings. The van der Waals surface area contributed by atoms with Gasteiger partial charge in [0.1, 0.15) is 0 Å². The zero-order valence-electron chi connectivity index (χ0n) is 9.15. The number of hydrogen-bond donors (Lipinski definition) is 2. The van der Waals surface area contributed by atoms with E-state index in [4.69, 9.17) is 5.11 Å². The van der Waals surface area contributed by atoms with Gasteiger partial charge in [0.05, 0.1) is 4.90 Å². The van der Waals surface area contributed by atoms with Gasteiger partial charge in [0.15, 0.2) is 0 Å². The summed E-state index contributed by atoms with van der Waals surface area (Å²) in [5, 5.41) is 8.75. The van der Waals surface area contributed by atoms with Gasteiger partial charge in [-0.1, -0.05) is 15.9 Å². The second-order valence-corrected chi connectivity index (χ2v) is 7.06. The Kier molecular flexibility index (Phi) is 5.59. The summed E-state index contributed by atoms with van der Waals surface area (Å²) in [7, 11) is -3.57. The molecule has 1 aromatic rings. The van der Waals surface area contributed by atoms with Gasteiger partial charge in [-0.2, -0.15) is 0 Å². The molecule has 7 heteroatoms. The molecule has 0 radical (unpaired) electrons. The Bertz CT molecular complexity index is 490. The fourth-order valence-corrected chi connectivity index (χ4v) is 4.04. The second-order valence-electron chi connectivity index (χ2n) is 3.61. The molecule has 1 unspecified atom stereocenters. The Hall–Kier alpha value is 0.0500. The van der Waals surface area contributed by atoms with Gasteiger partial charge < -0.3 is 5.11 Å². The highest BCUT2D eigenvalue weighted by molar-refractivity contribution is 9.11. The van der Waals surface area contributed by atoms with Crippen molar-refractivity contribution in [1.82, 2.24) is 4.72 Å². The van der Waals surface area contributed by atoms with Crippen molar-refractivity contribution in [1.29, 1.82) is 0 Å². The van der Waals surface area contributed by atoms with Crippen LogP contribution in [0.15, 0.2) is 32.0 Å². The Morgan fingerprint density at radius 3 is 2.65 bits per heavy atom. The fraction of sp³-hybridized carbons (Fsp3) is 0.400. The van der Waals surface area contributed by atoms with Crippen LogP contribution in [0, 0.1) is 0 Å². The number of sulfonamides is 1. The Morgan fingerprint density at radius 1 is 1.41 bits per heavy atom. The van der Waals surface area contributed by atoms with Gasteiger partial charge in [0.25, 0.3) is 0 Å². The predicted octanol–water partition coefficient (Wildman–Crippen LogP) is 2.26. The lowest BCUT2D eigenvalue weighted by molar-refractivity contribution is 0.275. The molecule has 0 spiro atoms. The summed E-state index contributed by atoms with van der Waals surface area (Å²) >= 11 is 6.44. The van der Waals surface area contributed by atoms with Crippen LogP contribution in [0.2, 0.25) is 0 Å². The number of hydrogen-bond acceptors (Lipinski definition) is 3. The Labute approximate surface area is 118 Å². The molecule has 0 saturated heterocycles. The molecule has 2 N–H and O–H groups in total. The molecule has 1 aromatic carbocycles. The molecule has 17 heavy (non-hydrogen) atoms. The van der Waals surface area contributed by atoms with E-state index in [1.165, 1.54) is 6.07 Å². The maximum Gasteiger partial charge on any atom is 0.241 e. The van der Waals surface area contributed by atoms with Crippen LogP contribution in [0.5, 0.6) is 0 Å². The predicted molar refractivity (Wildman–Crippen MR) is 73.3 cm³/mol. The van der Waals surface area contributed by atoms with Gasteiger partial charge >= 0.3 is 0 Å². The van der Waals surface area contributed by atoms with Crippen molar-refractivity contribution >= 4 is 41.9 Å². The lowest BCUT2D eigenvalue weighted by Gasteiger charge is -2.14. The van der Waals surface area contributed by atoms with E-state index in [-0.39, 0.29) is 17.5 Å². The van der Waals surface area contributed by atoms with Gasteiger partial charge in [0.2, 0.25) is 10.0 Å². The van der Waals surface area contributed by atoms with Crippen LogP contribution in [-0.4, -0.2) is 26.2 Å². The summed E-state index contributed by atoms with van der Waals surface area (Å²) in [5.41, 5.74) is 0. The molecule has 0 aliphatic rings. The van der Waals surface area contributed by atoms with E-state index in [1.807, 2.05) is 0 Å². The molecule has 0 bridgehead atoms. The quantitative estimate of drug-likeness (QED) is 0.815. The SMILES string of the molecule is CC(CCO)NS(=O)(=O)c1cc(Br)ccc1Br. The Morgan fingerprint density at radius 2 is 2.06 bits per heavy atom. The van der Waals surface area contributed by atoms with Crippen LogP contribution in [0.1, 0.15) is 13.3 Å². The standard InChI is InChI=1S/C10H13Br2NO3S/c1-7(4-5-14)13-17(15,16)10-6-8(11)2-3-9(10)12/h2-3,6-7,13-14H,4-5H2,1H3. The monoisotopic (exact) mass is 385 g/mol. The lowest BCUT2D eigenvalue weighted by atomic mass is 10.3. The molecule has 4 nitrogen and oxygen atoms in total. The number of nitrogens with one attached hydrogen (secondary N) is 1. The van der Waals surface area contributed by atoms with E-state index in [2.05, 4.69) is 36.6 Å². The number of halogens is 2. The minimum Gasteiger partial charge on any atom is -0.396 e. The minimum atomic E-state index is -3.57. The van der Waals surface area contributed by atoms with Crippen LogP contribution < -0.4 is 4.72 Å². The molecule has 96 valence electrons. The largest absolute Gasteiger partial charge is 0.396 e. The van der Waals surface area contributed by atoms with E-state index in [1.54, 1.807) is 19.1 Å². The third-order valence-electron chi connectivity index (χ3n) is 2.10. The zero-order valence-corrected chi connectivity index (χ0v) is 13.1. The van der Waals surface area contributed by atoms with Crippen molar-refractivity contribution in [3.05, 3.63) is 27.1 Å². The van der Waals surface area contributed by atoms with Gasteiger partial charge in [-0.25, -0.2) is 13.1 Å². The first-order valence-electron chi connectivity index (χ1n) is 4.95. The van der Waals surface area contributed by atoms with Crippen LogP contribution >= 0.6 is 31.9 Å². The normalized spacial score (nSPS) is 13.6. The molecular weight excluding hydrogens is 374 g/mol. The molecule has 1 atom stereocenters. The summed E-state index contributed by atoms with van der Waals surface area (Å²) in [5.74, 6) is 0. The molecule has 0 saturated carbocycles. The molecule has 0 amide bonds. The van der Waals surface area contributed by atoms with Crippen LogP contribution in [-0.2, 0) is 10.0 Å². The summed E-state index contributed by atoms with van der Waals surface area (Å²) in [6, 6.07) is 4.63. The molecule has 0 aromatic heterocycles. The van der Waals surface area contributed by atoms with Gasteiger partial charge in [-0.15, -0.1) is 0 Å². The third kappa shape index (κ3) is 4.33. The third-order valence-corrected chi connectivity index (χ3v) is 5.18.